The predicted octanol–water partition coefficient (Wildman–Crippen LogP) is 8.59. The van der Waals surface area contributed by atoms with Crippen molar-refractivity contribution >= 4 is 33.4 Å². The van der Waals surface area contributed by atoms with Crippen LogP contribution in [0.15, 0.2) is 77.5 Å². The van der Waals surface area contributed by atoms with Crippen molar-refractivity contribution in [3.8, 4) is 28.5 Å². The highest BCUT2D eigenvalue weighted by Crippen LogP contribution is 2.44. The maximum atomic E-state index is 10.4. The fourth-order valence-electron chi connectivity index (χ4n) is 8.60. The minimum atomic E-state index is -0.236. The molecule has 3 aromatic carbocycles. The van der Waals surface area contributed by atoms with Crippen LogP contribution in [0.2, 0.25) is 0 Å². The normalized spacial score (nSPS) is 19.3. The Morgan fingerprint density at radius 1 is 0.922 bits per heavy atom. The van der Waals surface area contributed by atoms with Gasteiger partial charge in [0.25, 0.3) is 0 Å². The van der Waals surface area contributed by atoms with Crippen molar-refractivity contribution in [2.75, 3.05) is 31.5 Å². The number of rotatable bonds is 7. The lowest BCUT2D eigenvalue weighted by Gasteiger charge is -2.41. The Bertz CT molecular complexity index is 2350. The Labute approximate surface area is 298 Å². The topological polar surface area (TPSA) is 101 Å². The number of hydrogen-bond acceptors (Lipinski definition) is 8. The van der Waals surface area contributed by atoms with Crippen LogP contribution in [0.5, 0.6) is 0 Å². The predicted molar refractivity (Wildman–Crippen MR) is 202 cm³/mol. The fraction of sp³-hybridized carbons (Fsp3) is 0.326. The number of likely N-dealkylation sites (tertiary alicyclic amines) is 2. The number of aliphatic hydroxyl groups excluding tert-OH is 1. The number of anilines is 2. The summed E-state index contributed by atoms with van der Waals surface area (Å²) >= 11 is 0. The summed E-state index contributed by atoms with van der Waals surface area (Å²) in [6.07, 6.45) is 8.80. The van der Waals surface area contributed by atoms with Crippen LogP contribution >= 0.6 is 0 Å². The van der Waals surface area contributed by atoms with E-state index in [4.69, 9.17) is 14.4 Å². The molecule has 0 spiro atoms. The minimum Gasteiger partial charge on any atom is -0.455 e. The van der Waals surface area contributed by atoms with Crippen molar-refractivity contribution in [3.63, 3.8) is 0 Å². The summed E-state index contributed by atoms with van der Waals surface area (Å²) in [6, 6.07) is 24.3. The molecule has 8 nitrogen and oxygen atoms in total. The number of nitrogens with one attached hydrogen (secondary N) is 1. The standard InChI is InChI=1S/C43H42N6O2/c1-26-32(7-3-9-34(26)40-21-30-20-36-35(37(22-44)42(30)51-40)10-5-12-39(36)49-16-6-17-49)33-8-4-11-38(27(33)2)47-43-41-29(13-15-45-43)19-28(23-46-41)24-48-18-14-31(50)25-48/h3-4,7-9,11,13,15,19-21,23,31,39,50H,5-6,10,12,14,16-18,24-25H2,1-2H3,(H,45,47)/t31-,39?/m1/s1. The summed E-state index contributed by atoms with van der Waals surface area (Å²) < 4.78 is 6.60. The van der Waals surface area contributed by atoms with E-state index in [1.54, 1.807) is 0 Å². The van der Waals surface area contributed by atoms with E-state index < -0.39 is 0 Å². The number of nitriles is 1. The number of aromatic nitrogens is 2. The maximum absolute atomic E-state index is 10.4. The van der Waals surface area contributed by atoms with Crippen LogP contribution in [0.3, 0.4) is 0 Å². The Morgan fingerprint density at radius 3 is 2.53 bits per heavy atom. The number of hydrogen-bond donors (Lipinski definition) is 2. The first kappa shape index (κ1) is 31.9. The van der Waals surface area contributed by atoms with Gasteiger partial charge in [-0.1, -0.05) is 30.3 Å². The SMILES string of the molecule is Cc1c(Nc2nccc3cc(CN4CC[C@@H](O)C4)cnc23)cccc1-c1cccc(-c2cc3cc4c(c(C#N)c3o2)CCCC4N2CCC2)c1C. The number of fused-ring (bicyclic) bond motifs is 3. The number of furan rings is 1. The summed E-state index contributed by atoms with van der Waals surface area (Å²) in [4.78, 5) is 14.4. The van der Waals surface area contributed by atoms with Gasteiger partial charge in [0, 0.05) is 60.1 Å². The second kappa shape index (κ2) is 12.9. The molecule has 256 valence electrons. The molecular formula is C43H42N6O2. The van der Waals surface area contributed by atoms with Gasteiger partial charge in [-0.05, 0) is 128 Å². The number of aliphatic hydroxyl groups is 1. The van der Waals surface area contributed by atoms with Gasteiger partial charge in [0.1, 0.15) is 17.3 Å². The molecule has 3 aromatic heterocycles. The Balaban J connectivity index is 1.03. The van der Waals surface area contributed by atoms with Gasteiger partial charge in [-0.15, -0.1) is 0 Å². The van der Waals surface area contributed by atoms with Crippen molar-refractivity contribution in [2.45, 2.75) is 64.6 Å². The molecule has 9 rings (SSSR count). The van der Waals surface area contributed by atoms with Gasteiger partial charge in [-0.2, -0.15) is 5.26 Å². The van der Waals surface area contributed by atoms with E-state index in [0.29, 0.717) is 23.7 Å². The third-order valence-electron chi connectivity index (χ3n) is 11.4. The number of nitrogens with zero attached hydrogens (tertiary/aromatic N) is 5. The van der Waals surface area contributed by atoms with Gasteiger partial charge in [-0.3, -0.25) is 14.8 Å². The molecule has 8 heteroatoms. The number of benzene rings is 3. The third kappa shape index (κ3) is 5.66. The van der Waals surface area contributed by atoms with Gasteiger partial charge in [0.05, 0.1) is 11.7 Å². The second-order valence-corrected chi connectivity index (χ2v) is 14.6. The van der Waals surface area contributed by atoms with Crippen LogP contribution in [-0.4, -0.2) is 57.2 Å². The first-order chi connectivity index (χ1) is 24.9. The highest BCUT2D eigenvalue weighted by Gasteiger charge is 2.32. The van der Waals surface area contributed by atoms with Gasteiger partial charge in [-0.25, -0.2) is 4.98 Å². The molecule has 1 unspecified atom stereocenters. The molecule has 0 bridgehead atoms. The monoisotopic (exact) mass is 674 g/mol. The number of β-amino-alcohol motifs (C(OH)–C–C–N with tert-alkyl or cyclic N) is 1. The largest absolute Gasteiger partial charge is 0.455 e. The lowest BCUT2D eigenvalue weighted by Crippen LogP contribution is -2.41. The fourth-order valence-corrected chi connectivity index (χ4v) is 8.60. The van der Waals surface area contributed by atoms with Gasteiger partial charge >= 0.3 is 0 Å². The van der Waals surface area contributed by atoms with E-state index in [9.17, 15) is 10.4 Å². The van der Waals surface area contributed by atoms with E-state index in [1.807, 2.05) is 18.5 Å². The molecule has 2 saturated heterocycles. The highest BCUT2D eigenvalue weighted by molar-refractivity contribution is 5.93. The van der Waals surface area contributed by atoms with Crippen molar-refractivity contribution in [2.24, 2.45) is 0 Å². The van der Waals surface area contributed by atoms with Crippen molar-refractivity contribution < 1.29 is 9.52 Å². The van der Waals surface area contributed by atoms with Crippen LogP contribution in [0.4, 0.5) is 11.5 Å². The second-order valence-electron chi connectivity index (χ2n) is 14.6. The molecule has 6 aromatic rings. The van der Waals surface area contributed by atoms with Crippen LogP contribution in [0.1, 0.15) is 65.1 Å². The molecule has 2 N–H and O–H groups in total. The van der Waals surface area contributed by atoms with Crippen LogP contribution < -0.4 is 5.32 Å². The van der Waals surface area contributed by atoms with E-state index in [0.717, 1.165) is 119 Å². The molecule has 3 aliphatic rings. The first-order valence-electron chi connectivity index (χ1n) is 18.3. The summed E-state index contributed by atoms with van der Waals surface area (Å²) in [5, 5.41) is 25.9. The smallest absolute Gasteiger partial charge is 0.156 e. The molecule has 5 heterocycles. The quantitative estimate of drug-likeness (QED) is 0.174. The van der Waals surface area contributed by atoms with Gasteiger partial charge in [0.2, 0.25) is 0 Å². The van der Waals surface area contributed by atoms with E-state index in [2.05, 4.69) is 89.6 Å². The molecule has 0 saturated carbocycles. The third-order valence-corrected chi connectivity index (χ3v) is 11.4. The van der Waals surface area contributed by atoms with Gasteiger partial charge in [0.15, 0.2) is 11.4 Å². The molecule has 1 aliphatic carbocycles. The first-order valence-corrected chi connectivity index (χ1v) is 18.3. The minimum absolute atomic E-state index is 0.236. The summed E-state index contributed by atoms with van der Waals surface area (Å²) in [6.45, 7) is 8.98. The van der Waals surface area contributed by atoms with Crippen LogP contribution in [0.25, 0.3) is 44.3 Å². The average molecular weight is 675 g/mol. The Kier molecular flexibility index (Phi) is 8.07. The van der Waals surface area contributed by atoms with Gasteiger partial charge < -0.3 is 14.8 Å². The summed E-state index contributed by atoms with van der Waals surface area (Å²) in [5.41, 5.74) is 12.4. The van der Waals surface area contributed by atoms with Crippen LogP contribution in [0, 0.1) is 25.2 Å². The van der Waals surface area contributed by atoms with Crippen molar-refractivity contribution in [1.82, 2.24) is 19.8 Å². The molecule has 51 heavy (non-hydrogen) atoms. The Morgan fingerprint density at radius 2 is 1.75 bits per heavy atom. The van der Waals surface area contributed by atoms with E-state index in [-0.39, 0.29) is 6.10 Å². The maximum Gasteiger partial charge on any atom is 0.156 e. The van der Waals surface area contributed by atoms with Crippen molar-refractivity contribution in [1.29, 1.82) is 5.26 Å². The molecule has 0 radical (unpaired) electrons. The zero-order valence-corrected chi connectivity index (χ0v) is 29.2. The highest BCUT2D eigenvalue weighted by atomic mass is 16.3. The molecule has 0 amide bonds. The molecule has 2 fully saturated rings. The van der Waals surface area contributed by atoms with E-state index in [1.165, 1.54) is 17.5 Å². The zero-order chi connectivity index (χ0) is 34.6. The number of pyridine rings is 2. The lowest BCUT2D eigenvalue weighted by atomic mass is 9.82. The molecule has 2 atom stereocenters. The summed E-state index contributed by atoms with van der Waals surface area (Å²) in [7, 11) is 0. The van der Waals surface area contributed by atoms with Crippen LogP contribution in [-0.2, 0) is 13.0 Å². The lowest BCUT2D eigenvalue weighted by molar-refractivity contribution is 0.105. The summed E-state index contributed by atoms with van der Waals surface area (Å²) in [5.74, 6) is 1.51. The average Bonchev–Trinajstić information content (AvgIpc) is 3.73. The molecule has 2 aliphatic heterocycles. The molecular weight excluding hydrogens is 633 g/mol. The Hall–Kier alpha value is -5.07. The zero-order valence-electron chi connectivity index (χ0n) is 29.2. The van der Waals surface area contributed by atoms with Crippen molar-refractivity contribution in [3.05, 3.63) is 106 Å². The van der Waals surface area contributed by atoms with E-state index >= 15 is 0 Å².